The Balaban J connectivity index is 3.19. The van der Waals surface area contributed by atoms with Gasteiger partial charge in [0.1, 0.15) is 5.75 Å². The molecular weight excluding hydrogens is 230 g/mol. The van der Waals surface area contributed by atoms with Crippen LogP contribution in [0.5, 0.6) is 5.75 Å². The first-order chi connectivity index (χ1) is 6.20. The van der Waals surface area contributed by atoms with Crippen molar-refractivity contribution in [1.29, 1.82) is 0 Å². The van der Waals surface area contributed by atoms with Gasteiger partial charge >= 0.3 is 0 Å². The first-order valence-electron chi connectivity index (χ1n) is 3.91. The molecule has 0 fully saturated rings. The summed E-state index contributed by atoms with van der Waals surface area (Å²) in [7, 11) is 1.62. The van der Waals surface area contributed by atoms with Gasteiger partial charge in [-0.25, -0.2) is 0 Å². The highest BCUT2D eigenvalue weighted by molar-refractivity contribution is 9.10. The van der Waals surface area contributed by atoms with E-state index in [4.69, 9.17) is 10.5 Å². The second-order valence-corrected chi connectivity index (χ2v) is 3.48. The Morgan fingerprint density at radius 3 is 2.85 bits per heavy atom. The maximum atomic E-state index is 5.82. The molecule has 1 unspecified atom stereocenters. The fourth-order valence-corrected chi connectivity index (χ4v) is 1.67. The number of benzene rings is 1. The summed E-state index contributed by atoms with van der Waals surface area (Å²) >= 11 is 3.39. The van der Waals surface area contributed by atoms with Crippen molar-refractivity contribution in [2.75, 3.05) is 7.11 Å². The number of rotatable bonds is 3. The molecule has 0 radical (unpaired) electrons. The van der Waals surface area contributed by atoms with Gasteiger partial charge < -0.3 is 10.5 Å². The molecule has 2 N–H and O–H groups in total. The summed E-state index contributed by atoms with van der Waals surface area (Å²) in [5.41, 5.74) is 6.76. The summed E-state index contributed by atoms with van der Waals surface area (Å²) in [5.74, 6) is 0.773. The molecule has 0 saturated heterocycles. The minimum atomic E-state index is -0.188. The van der Waals surface area contributed by atoms with Gasteiger partial charge in [-0.15, -0.1) is 6.58 Å². The van der Waals surface area contributed by atoms with Crippen molar-refractivity contribution in [2.24, 2.45) is 5.73 Å². The number of methoxy groups -OCH3 is 1. The van der Waals surface area contributed by atoms with Crippen LogP contribution in [0.3, 0.4) is 0 Å². The monoisotopic (exact) mass is 241 g/mol. The highest BCUT2D eigenvalue weighted by Gasteiger charge is 2.10. The topological polar surface area (TPSA) is 35.2 Å². The molecule has 1 rings (SSSR count). The van der Waals surface area contributed by atoms with E-state index < -0.39 is 0 Å². The largest absolute Gasteiger partial charge is 0.495 e. The molecule has 2 nitrogen and oxygen atoms in total. The van der Waals surface area contributed by atoms with E-state index in [2.05, 4.69) is 22.5 Å². The van der Waals surface area contributed by atoms with Crippen LogP contribution in [0.25, 0.3) is 0 Å². The third-order valence-corrected chi connectivity index (χ3v) is 2.44. The molecule has 1 atom stereocenters. The Hall–Kier alpha value is -0.800. The van der Waals surface area contributed by atoms with E-state index in [9.17, 15) is 0 Å². The van der Waals surface area contributed by atoms with E-state index >= 15 is 0 Å². The number of nitrogens with two attached hydrogens (primary N) is 1. The molecule has 0 aliphatic carbocycles. The first kappa shape index (κ1) is 10.3. The molecule has 0 aliphatic rings. The Bertz CT molecular complexity index is 312. The average molecular weight is 242 g/mol. The molecule has 1 aromatic carbocycles. The number of para-hydroxylation sites is 1. The molecule has 0 amide bonds. The van der Waals surface area contributed by atoms with Gasteiger partial charge in [-0.3, -0.25) is 0 Å². The van der Waals surface area contributed by atoms with Crippen molar-refractivity contribution in [3.05, 3.63) is 40.9 Å². The minimum Gasteiger partial charge on any atom is -0.495 e. The Morgan fingerprint density at radius 2 is 2.31 bits per heavy atom. The Morgan fingerprint density at radius 1 is 1.62 bits per heavy atom. The molecule has 0 heterocycles. The van der Waals surface area contributed by atoms with Gasteiger partial charge in [0.05, 0.1) is 17.6 Å². The fraction of sp³-hybridized carbons (Fsp3) is 0.200. The van der Waals surface area contributed by atoms with Crippen molar-refractivity contribution >= 4 is 15.9 Å². The molecule has 0 aromatic heterocycles. The predicted octanol–water partition coefficient (Wildman–Crippen LogP) is 2.64. The van der Waals surface area contributed by atoms with Gasteiger partial charge in [0.2, 0.25) is 0 Å². The zero-order valence-corrected chi connectivity index (χ0v) is 9.04. The lowest BCUT2D eigenvalue weighted by molar-refractivity contribution is 0.405. The smallest absolute Gasteiger partial charge is 0.138 e. The maximum absolute atomic E-state index is 5.82. The van der Waals surface area contributed by atoms with E-state index in [1.807, 2.05) is 18.2 Å². The zero-order valence-electron chi connectivity index (χ0n) is 7.46. The van der Waals surface area contributed by atoms with Crippen molar-refractivity contribution in [2.45, 2.75) is 6.04 Å². The van der Waals surface area contributed by atoms with Crippen molar-refractivity contribution < 1.29 is 4.74 Å². The highest BCUT2D eigenvalue weighted by atomic mass is 79.9. The van der Waals surface area contributed by atoms with E-state index in [1.165, 1.54) is 0 Å². The van der Waals surface area contributed by atoms with Gasteiger partial charge in [0.15, 0.2) is 0 Å². The number of ether oxygens (including phenoxy) is 1. The maximum Gasteiger partial charge on any atom is 0.138 e. The second-order valence-electron chi connectivity index (χ2n) is 2.62. The highest BCUT2D eigenvalue weighted by Crippen LogP contribution is 2.32. The standard InChI is InChI=1S/C10H12BrNO/c1-3-9(12)7-5-4-6-8(11)10(7)13-2/h3-6,9H,1,12H2,2H3. The van der Waals surface area contributed by atoms with Gasteiger partial charge in [-0.05, 0) is 22.0 Å². The van der Waals surface area contributed by atoms with Crippen LogP contribution in [-0.4, -0.2) is 7.11 Å². The molecule has 0 aliphatic heterocycles. The Labute approximate surface area is 86.5 Å². The Kier molecular flexibility index (Phi) is 3.51. The summed E-state index contributed by atoms with van der Waals surface area (Å²) in [4.78, 5) is 0. The van der Waals surface area contributed by atoms with Crippen LogP contribution in [0, 0.1) is 0 Å². The summed E-state index contributed by atoms with van der Waals surface area (Å²) in [6.45, 7) is 3.65. The zero-order chi connectivity index (χ0) is 9.84. The lowest BCUT2D eigenvalue weighted by atomic mass is 10.1. The second kappa shape index (κ2) is 4.44. The fourth-order valence-electron chi connectivity index (χ4n) is 1.13. The van der Waals surface area contributed by atoms with Gasteiger partial charge in [0.25, 0.3) is 0 Å². The lowest BCUT2D eigenvalue weighted by Crippen LogP contribution is -2.08. The normalized spacial score (nSPS) is 12.2. The SMILES string of the molecule is C=CC(N)c1cccc(Br)c1OC. The molecule has 13 heavy (non-hydrogen) atoms. The minimum absolute atomic E-state index is 0.188. The van der Waals surface area contributed by atoms with Crippen molar-refractivity contribution in [3.63, 3.8) is 0 Å². The third-order valence-electron chi connectivity index (χ3n) is 1.81. The average Bonchev–Trinajstić information content (AvgIpc) is 2.16. The van der Waals surface area contributed by atoms with Crippen LogP contribution in [0.4, 0.5) is 0 Å². The summed E-state index contributed by atoms with van der Waals surface area (Å²) in [6, 6.07) is 5.58. The summed E-state index contributed by atoms with van der Waals surface area (Å²) < 4.78 is 6.13. The quantitative estimate of drug-likeness (QED) is 0.827. The van der Waals surface area contributed by atoms with E-state index in [-0.39, 0.29) is 6.04 Å². The molecule has 0 spiro atoms. The van der Waals surface area contributed by atoms with Crippen LogP contribution in [0.15, 0.2) is 35.3 Å². The predicted molar refractivity (Wildman–Crippen MR) is 57.8 cm³/mol. The van der Waals surface area contributed by atoms with Crippen LogP contribution in [0.1, 0.15) is 11.6 Å². The van der Waals surface area contributed by atoms with Gasteiger partial charge in [-0.2, -0.15) is 0 Å². The van der Waals surface area contributed by atoms with E-state index in [1.54, 1.807) is 13.2 Å². The van der Waals surface area contributed by atoms with Crippen molar-refractivity contribution in [3.8, 4) is 5.75 Å². The third kappa shape index (κ3) is 2.11. The molecule has 3 heteroatoms. The lowest BCUT2D eigenvalue weighted by Gasteiger charge is -2.13. The van der Waals surface area contributed by atoms with Gasteiger partial charge in [0, 0.05) is 5.56 Å². The molecule has 0 bridgehead atoms. The van der Waals surface area contributed by atoms with Gasteiger partial charge in [-0.1, -0.05) is 18.2 Å². The number of hydrogen-bond acceptors (Lipinski definition) is 2. The molecule has 0 saturated carbocycles. The van der Waals surface area contributed by atoms with E-state index in [0.717, 1.165) is 15.8 Å². The molecule has 70 valence electrons. The summed E-state index contributed by atoms with van der Waals surface area (Å²) in [5, 5.41) is 0. The van der Waals surface area contributed by atoms with Crippen LogP contribution in [-0.2, 0) is 0 Å². The van der Waals surface area contributed by atoms with Crippen LogP contribution < -0.4 is 10.5 Å². The number of halogens is 1. The van der Waals surface area contributed by atoms with Crippen molar-refractivity contribution in [1.82, 2.24) is 0 Å². The number of hydrogen-bond donors (Lipinski definition) is 1. The summed E-state index contributed by atoms with van der Waals surface area (Å²) in [6.07, 6.45) is 1.68. The van der Waals surface area contributed by atoms with Crippen LogP contribution in [0.2, 0.25) is 0 Å². The molecular formula is C10H12BrNO. The van der Waals surface area contributed by atoms with Crippen LogP contribution >= 0.6 is 15.9 Å². The first-order valence-corrected chi connectivity index (χ1v) is 4.70. The van der Waals surface area contributed by atoms with E-state index in [0.29, 0.717) is 0 Å². The molecule has 1 aromatic rings.